The Morgan fingerprint density at radius 2 is 2.00 bits per heavy atom. The SMILES string of the molecule is CCNCc1cn[nH]c1S(=O)(=O)NCc1ccccc1Br. The molecule has 6 nitrogen and oxygen atoms in total. The number of rotatable bonds is 7. The lowest BCUT2D eigenvalue weighted by Crippen LogP contribution is -2.25. The van der Waals surface area contributed by atoms with Gasteiger partial charge < -0.3 is 5.32 Å². The first-order valence-electron chi connectivity index (χ1n) is 6.50. The number of aromatic amines is 1. The molecule has 8 heteroatoms. The van der Waals surface area contributed by atoms with Gasteiger partial charge in [0.05, 0.1) is 6.20 Å². The maximum atomic E-state index is 12.3. The van der Waals surface area contributed by atoms with E-state index >= 15 is 0 Å². The zero-order chi connectivity index (χ0) is 15.3. The summed E-state index contributed by atoms with van der Waals surface area (Å²) in [5.41, 5.74) is 1.49. The zero-order valence-electron chi connectivity index (χ0n) is 11.6. The van der Waals surface area contributed by atoms with Crippen LogP contribution in [0.5, 0.6) is 0 Å². The Kier molecular flexibility index (Phi) is 5.51. The number of H-pyrrole nitrogens is 1. The number of hydrogen-bond acceptors (Lipinski definition) is 4. The van der Waals surface area contributed by atoms with Crippen LogP contribution in [0.25, 0.3) is 0 Å². The zero-order valence-corrected chi connectivity index (χ0v) is 14.0. The van der Waals surface area contributed by atoms with Crippen LogP contribution < -0.4 is 10.0 Å². The molecular formula is C13H17BrN4O2S. The van der Waals surface area contributed by atoms with Crippen molar-refractivity contribution in [3.05, 3.63) is 46.1 Å². The third-order valence-electron chi connectivity index (χ3n) is 2.92. The molecule has 3 N–H and O–H groups in total. The van der Waals surface area contributed by atoms with Gasteiger partial charge in [-0.05, 0) is 18.2 Å². The summed E-state index contributed by atoms with van der Waals surface area (Å²) in [6.07, 6.45) is 1.52. The van der Waals surface area contributed by atoms with E-state index in [2.05, 4.69) is 36.2 Å². The Morgan fingerprint density at radius 1 is 1.24 bits per heavy atom. The van der Waals surface area contributed by atoms with Gasteiger partial charge in [0.25, 0.3) is 10.0 Å². The molecule has 2 rings (SSSR count). The van der Waals surface area contributed by atoms with Gasteiger partial charge in [0.2, 0.25) is 0 Å². The first-order chi connectivity index (χ1) is 10.0. The van der Waals surface area contributed by atoms with Crippen molar-refractivity contribution >= 4 is 26.0 Å². The maximum absolute atomic E-state index is 12.3. The number of nitrogens with zero attached hydrogens (tertiary/aromatic N) is 1. The summed E-state index contributed by atoms with van der Waals surface area (Å²) >= 11 is 3.40. The topological polar surface area (TPSA) is 86.9 Å². The highest BCUT2D eigenvalue weighted by Gasteiger charge is 2.20. The molecule has 0 fully saturated rings. The number of sulfonamides is 1. The highest BCUT2D eigenvalue weighted by atomic mass is 79.9. The van der Waals surface area contributed by atoms with Gasteiger partial charge in [0.1, 0.15) is 0 Å². The van der Waals surface area contributed by atoms with Crippen molar-refractivity contribution in [3.8, 4) is 0 Å². The van der Waals surface area contributed by atoms with Gasteiger partial charge >= 0.3 is 0 Å². The Balaban J connectivity index is 2.12. The number of aromatic nitrogens is 2. The lowest BCUT2D eigenvalue weighted by Gasteiger charge is -2.08. The second-order valence-electron chi connectivity index (χ2n) is 4.42. The van der Waals surface area contributed by atoms with Crippen LogP contribution in [0.1, 0.15) is 18.1 Å². The molecule has 2 aromatic rings. The van der Waals surface area contributed by atoms with Crippen molar-refractivity contribution < 1.29 is 8.42 Å². The molecule has 0 aliphatic carbocycles. The lowest BCUT2D eigenvalue weighted by molar-refractivity contribution is 0.574. The summed E-state index contributed by atoms with van der Waals surface area (Å²) in [7, 11) is -3.62. The Morgan fingerprint density at radius 3 is 2.71 bits per heavy atom. The van der Waals surface area contributed by atoms with Gasteiger partial charge in [-0.25, -0.2) is 13.1 Å². The van der Waals surface area contributed by atoms with E-state index in [1.54, 1.807) is 0 Å². The number of benzene rings is 1. The first-order valence-corrected chi connectivity index (χ1v) is 8.78. The predicted molar refractivity (Wildman–Crippen MR) is 84.1 cm³/mol. The van der Waals surface area contributed by atoms with Crippen molar-refractivity contribution in [3.63, 3.8) is 0 Å². The van der Waals surface area contributed by atoms with Gasteiger partial charge in [-0.2, -0.15) is 5.10 Å². The fourth-order valence-electron chi connectivity index (χ4n) is 1.80. The summed E-state index contributed by atoms with van der Waals surface area (Å²) in [4.78, 5) is 0. The molecule has 0 radical (unpaired) electrons. The third-order valence-corrected chi connectivity index (χ3v) is 5.11. The minimum atomic E-state index is -3.62. The fraction of sp³-hybridized carbons (Fsp3) is 0.308. The Hall–Kier alpha value is -1.22. The lowest BCUT2D eigenvalue weighted by atomic mass is 10.2. The molecule has 114 valence electrons. The van der Waals surface area contributed by atoms with Gasteiger partial charge in [-0.15, -0.1) is 0 Å². The molecule has 1 aromatic carbocycles. The van der Waals surface area contributed by atoms with Crippen LogP contribution >= 0.6 is 15.9 Å². The summed E-state index contributed by atoms with van der Waals surface area (Å²) in [5, 5.41) is 9.57. The second kappa shape index (κ2) is 7.17. The second-order valence-corrected chi connectivity index (χ2v) is 6.98. The predicted octanol–water partition coefficient (Wildman–Crippen LogP) is 1.76. The Bertz CT molecular complexity index is 700. The summed E-state index contributed by atoms with van der Waals surface area (Å²) in [6.45, 7) is 3.39. The normalized spacial score (nSPS) is 11.7. The third kappa shape index (κ3) is 4.13. The molecule has 0 aliphatic rings. The fourth-order valence-corrected chi connectivity index (χ4v) is 3.36. The first kappa shape index (κ1) is 16.2. The molecular weight excluding hydrogens is 356 g/mol. The van der Waals surface area contributed by atoms with Crippen molar-refractivity contribution in [2.24, 2.45) is 0 Å². The van der Waals surface area contributed by atoms with E-state index in [1.165, 1.54) is 6.20 Å². The minimum absolute atomic E-state index is 0.107. The van der Waals surface area contributed by atoms with Crippen LogP contribution in [0.3, 0.4) is 0 Å². The molecule has 0 spiro atoms. The van der Waals surface area contributed by atoms with E-state index < -0.39 is 10.0 Å². The molecule has 0 amide bonds. The average molecular weight is 373 g/mol. The van der Waals surface area contributed by atoms with Gasteiger partial charge in [-0.1, -0.05) is 41.1 Å². The van der Waals surface area contributed by atoms with Crippen LogP contribution in [0.15, 0.2) is 40.0 Å². The van der Waals surface area contributed by atoms with E-state index in [-0.39, 0.29) is 11.6 Å². The van der Waals surface area contributed by atoms with Gasteiger partial charge in [0, 0.05) is 23.1 Å². The van der Waals surface area contributed by atoms with E-state index in [1.807, 2.05) is 31.2 Å². The number of halogens is 1. The van der Waals surface area contributed by atoms with Crippen LogP contribution in [-0.2, 0) is 23.1 Å². The van der Waals surface area contributed by atoms with Gasteiger partial charge in [-0.3, -0.25) is 5.10 Å². The highest BCUT2D eigenvalue weighted by Crippen LogP contribution is 2.17. The molecule has 0 aliphatic heterocycles. The van der Waals surface area contributed by atoms with Crippen molar-refractivity contribution in [2.45, 2.75) is 25.0 Å². The van der Waals surface area contributed by atoms with E-state index in [4.69, 9.17) is 0 Å². The van der Waals surface area contributed by atoms with E-state index in [9.17, 15) is 8.42 Å². The minimum Gasteiger partial charge on any atom is -0.313 e. The maximum Gasteiger partial charge on any atom is 0.258 e. The highest BCUT2D eigenvalue weighted by molar-refractivity contribution is 9.10. The average Bonchev–Trinajstić information content (AvgIpc) is 2.93. The van der Waals surface area contributed by atoms with Crippen molar-refractivity contribution in [2.75, 3.05) is 6.54 Å². The van der Waals surface area contributed by atoms with Crippen molar-refractivity contribution in [1.29, 1.82) is 0 Å². The molecule has 1 aromatic heterocycles. The monoisotopic (exact) mass is 372 g/mol. The molecule has 0 saturated carbocycles. The molecule has 1 heterocycles. The summed E-state index contributed by atoms with van der Waals surface area (Å²) < 4.78 is 28.1. The molecule has 0 unspecified atom stereocenters. The quantitative estimate of drug-likeness (QED) is 0.690. The number of nitrogens with one attached hydrogen (secondary N) is 3. The molecule has 21 heavy (non-hydrogen) atoms. The van der Waals surface area contributed by atoms with Crippen LogP contribution in [0.4, 0.5) is 0 Å². The summed E-state index contributed by atoms with van der Waals surface area (Å²) in [6, 6.07) is 7.47. The van der Waals surface area contributed by atoms with Crippen molar-refractivity contribution in [1.82, 2.24) is 20.2 Å². The Labute approximate surface area is 132 Å². The molecule has 0 saturated heterocycles. The van der Waals surface area contributed by atoms with Crippen LogP contribution in [0, 0.1) is 0 Å². The largest absolute Gasteiger partial charge is 0.313 e. The van der Waals surface area contributed by atoms with Gasteiger partial charge in [0.15, 0.2) is 5.03 Å². The number of hydrogen-bond donors (Lipinski definition) is 3. The molecule has 0 atom stereocenters. The van der Waals surface area contributed by atoms with E-state index in [0.29, 0.717) is 12.1 Å². The standard InChI is InChI=1S/C13H17BrN4O2S/c1-2-15-7-11-8-16-18-13(11)21(19,20)17-9-10-5-3-4-6-12(10)14/h3-6,8,15,17H,2,7,9H2,1H3,(H,16,18). The summed E-state index contributed by atoms with van der Waals surface area (Å²) in [5.74, 6) is 0. The molecule has 0 bridgehead atoms. The smallest absolute Gasteiger partial charge is 0.258 e. The van der Waals surface area contributed by atoms with E-state index in [0.717, 1.165) is 16.6 Å². The van der Waals surface area contributed by atoms with Crippen LogP contribution in [-0.4, -0.2) is 25.2 Å². The van der Waals surface area contributed by atoms with Crippen LogP contribution in [0.2, 0.25) is 0 Å².